The van der Waals surface area contributed by atoms with Crippen molar-refractivity contribution in [3.05, 3.63) is 119 Å². The Bertz CT molecular complexity index is 1690. The first-order valence-corrected chi connectivity index (χ1v) is 11.1. The molecule has 1 aromatic carbocycles. The molecule has 7 nitrogen and oxygen atoms in total. The third-order valence-corrected chi connectivity index (χ3v) is 6.01. The summed E-state index contributed by atoms with van der Waals surface area (Å²) in [4.78, 5) is 22.3. The van der Waals surface area contributed by atoms with Crippen LogP contribution in [0.25, 0.3) is 27.5 Å². The first-order chi connectivity index (χ1) is 16.6. The molecule has 0 bridgehead atoms. The molecule has 0 N–H and O–H groups in total. The lowest BCUT2D eigenvalue weighted by Crippen LogP contribution is -2.20. The summed E-state index contributed by atoms with van der Waals surface area (Å²) in [6, 6.07) is 16.2. The van der Waals surface area contributed by atoms with E-state index in [1.807, 2.05) is 83.4 Å². The number of rotatable bonds is 5. The summed E-state index contributed by atoms with van der Waals surface area (Å²) in [5, 5.41) is 5.95. The second kappa shape index (κ2) is 8.12. The number of hydrogen-bond donors (Lipinski definition) is 0. The topological polar surface area (TPSA) is 70.0 Å². The molecule has 7 heteroatoms. The quantitative estimate of drug-likeness (QED) is 0.396. The predicted molar refractivity (Wildman–Crippen MR) is 132 cm³/mol. The van der Waals surface area contributed by atoms with Gasteiger partial charge in [0, 0.05) is 48.3 Å². The molecule has 6 rings (SSSR count). The van der Waals surface area contributed by atoms with E-state index in [2.05, 4.69) is 27.2 Å². The number of imidazole rings is 1. The molecule has 5 heterocycles. The molecule has 0 radical (unpaired) electrons. The van der Waals surface area contributed by atoms with E-state index < -0.39 is 0 Å². The van der Waals surface area contributed by atoms with Crippen LogP contribution in [-0.2, 0) is 13.1 Å². The first-order valence-electron chi connectivity index (χ1n) is 11.1. The molecule has 34 heavy (non-hydrogen) atoms. The molecular weight excluding hydrogens is 424 g/mol. The Kier molecular flexibility index (Phi) is 4.80. The van der Waals surface area contributed by atoms with Gasteiger partial charge in [0.1, 0.15) is 5.65 Å². The highest BCUT2D eigenvalue weighted by molar-refractivity contribution is 5.94. The first kappa shape index (κ1) is 20.1. The van der Waals surface area contributed by atoms with Gasteiger partial charge < -0.3 is 8.97 Å². The Morgan fingerprint density at radius 1 is 0.853 bits per heavy atom. The fraction of sp³-hybridized carbons (Fsp3) is 0.111. The Morgan fingerprint density at radius 3 is 2.62 bits per heavy atom. The lowest BCUT2D eigenvalue weighted by molar-refractivity contribution is 0.687. The van der Waals surface area contributed by atoms with Crippen molar-refractivity contribution < 1.29 is 0 Å². The normalized spacial score (nSPS) is 11.4. The summed E-state index contributed by atoms with van der Waals surface area (Å²) in [7, 11) is 0. The summed E-state index contributed by atoms with van der Waals surface area (Å²) < 4.78 is 5.57. The van der Waals surface area contributed by atoms with Crippen molar-refractivity contribution in [3.63, 3.8) is 0 Å². The minimum atomic E-state index is -0.0863. The average molecular weight is 447 g/mol. The van der Waals surface area contributed by atoms with Gasteiger partial charge in [-0.15, -0.1) is 0 Å². The Balaban J connectivity index is 1.33. The van der Waals surface area contributed by atoms with Gasteiger partial charge in [-0.2, -0.15) is 5.10 Å². The zero-order chi connectivity index (χ0) is 23.1. The van der Waals surface area contributed by atoms with Crippen LogP contribution >= 0.6 is 0 Å². The molecule has 0 aliphatic rings. The van der Waals surface area contributed by atoms with Crippen molar-refractivity contribution >= 4 is 16.4 Å². The predicted octanol–water partition coefficient (Wildman–Crippen LogP) is 4.31. The highest BCUT2D eigenvalue weighted by Gasteiger charge is 2.12. The van der Waals surface area contributed by atoms with E-state index in [-0.39, 0.29) is 5.56 Å². The monoisotopic (exact) mass is 446 g/mol. The maximum Gasteiger partial charge on any atom is 0.260 e. The smallest absolute Gasteiger partial charge is 0.260 e. The van der Waals surface area contributed by atoms with Gasteiger partial charge in [0.05, 0.1) is 30.4 Å². The van der Waals surface area contributed by atoms with Crippen molar-refractivity contribution in [1.29, 1.82) is 0 Å². The van der Waals surface area contributed by atoms with Crippen LogP contribution in [0.1, 0.15) is 16.8 Å². The fourth-order valence-electron chi connectivity index (χ4n) is 4.33. The molecule has 0 aliphatic heterocycles. The molecule has 0 saturated carbocycles. The summed E-state index contributed by atoms with van der Waals surface area (Å²) in [6.07, 6.45) is 13.1. The molecule has 0 atom stereocenters. The number of aromatic nitrogens is 6. The van der Waals surface area contributed by atoms with Crippen LogP contribution in [0.4, 0.5) is 0 Å². The van der Waals surface area contributed by atoms with Crippen LogP contribution in [0.5, 0.6) is 0 Å². The molecule has 0 fully saturated rings. The van der Waals surface area contributed by atoms with Gasteiger partial charge in [0.15, 0.2) is 0 Å². The minimum Gasteiger partial charge on any atom is -0.309 e. The second-order valence-corrected chi connectivity index (χ2v) is 8.51. The van der Waals surface area contributed by atoms with E-state index in [0.29, 0.717) is 18.5 Å². The van der Waals surface area contributed by atoms with Crippen molar-refractivity contribution in [3.8, 4) is 11.1 Å². The van der Waals surface area contributed by atoms with Crippen LogP contribution in [-0.4, -0.2) is 28.7 Å². The summed E-state index contributed by atoms with van der Waals surface area (Å²) in [5.41, 5.74) is 5.77. The van der Waals surface area contributed by atoms with Crippen LogP contribution in [0.2, 0.25) is 0 Å². The number of fused-ring (bicyclic) bond motifs is 2. The van der Waals surface area contributed by atoms with Crippen LogP contribution in [0, 0.1) is 6.92 Å². The number of hydrogen-bond acceptors (Lipinski definition) is 4. The Hall–Kier alpha value is -4.52. The van der Waals surface area contributed by atoms with E-state index in [4.69, 9.17) is 0 Å². The molecule has 0 saturated heterocycles. The molecule has 5 aromatic heterocycles. The SMILES string of the molecule is Cc1ccc2nc(Cn3ccc4c(-c5cnn(Cc6ccccc6)c5)cncc4c3=O)cn2c1. The van der Waals surface area contributed by atoms with Crippen LogP contribution in [0.3, 0.4) is 0 Å². The van der Waals surface area contributed by atoms with Crippen LogP contribution < -0.4 is 5.56 Å². The number of nitrogens with zero attached hydrogens (tertiary/aromatic N) is 6. The van der Waals surface area contributed by atoms with Gasteiger partial charge >= 0.3 is 0 Å². The van der Waals surface area contributed by atoms with Crippen LogP contribution in [0.15, 0.2) is 96.7 Å². The molecule has 6 aromatic rings. The lowest BCUT2D eigenvalue weighted by atomic mass is 10.1. The third-order valence-electron chi connectivity index (χ3n) is 6.01. The van der Waals surface area contributed by atoms with Gasteiger partial charge in [-0.3, -0.25) is 14.5 Å². The number of benzene rings is 1. The van der Waals surface area contributed by atoms with E-state index in [1.165, 1.54) is 5.56 Å². The molecule has 166 valence electrons. The van der Waals surface area contributed by atoms with Crippen molar-refractivity contribution in [1.82, 2.24) is 28.7 Å². The second-order valence-electron chi connectivity index (χ2n) is 8.51. The van der Waals surface area contributed by atoms with Gasteiger partial charge in [-0.05, 0) is 35.6 Å². The Morgan fingerprint density at radius 2 is 1.74 bits per heavy atom. The number of pyridine rings is 3. The minimum absolute atomic E-state index is 0.0863. The number of aryl methyl sites for hydroxylation is 1. The standard InChI is InChI=1S/C27H22N6O/c1-19-7-8-26-30-22(18-32(26)14-19)17-31-10-9-23-24(12-28-13-25(23)27(31)34)21-11-29-33(16-21)15-20-5-3-2-4-6-20/h2-14,16,18H,15,17H2,1H3. The summed E-state index contributed by atoms with van der Waals surface area (Å²) >= 11 is 0. The van der Waals surface area contributed by atoms with E-state index in [1.54, 1.807) is 17.0 Å². The van der Waals surface area contributed by atoms with Crippen molar-refractivity contribution in [2.75, 3.05) is 0 Å². The highest BCUT2D eigenvalue weighted by Crippen LogP contribution is 2.26. The molecular formula is C27H22N6O. The van der Waals surface area contributed by atoms with E-state index >= 15 is 0 Å². The maximum absolute atomic E-state index is 13.3. The van der Waals surface area contributed by atoms with Crippen molar-refractivity contribution in [2.24, 2.45) is 0 Å². The van der Waals surface area contributed by atoms with Crippen molar-refractivity contribution in [2.45, 2.75) is 20.0 Å². The van der Waals surface area contributed by atoms with Gasteiger partial charge in [-0.1, -0.05) is 36.4 Å². The average Bonchev–Trinajstić information content (AvgIpc) is 3.47. The van der Waals surface area contributed by atoms with Gasteiger partial charge in [0.25, 0.3) is 5.56 Å². The molecule has 0 unspecified atom stereocenters. The van der Waals surface area contributed by atoms with E-state index in [0.717, 1.165) is 33.4 Å². The highest BCUT2D eigenvalue weighted by atomic mass is 16.1. The largest absolute Gasteiger partial charge is 0.309 e. The fourth-order valence-corrected chi connectivity index (χ4v) is 4.33. The zero-order valence-electron chi connectivity index (χ0n) is 18.7. The zero-order valence-corrected chi connectivity index (χ0v) is 18.7. The summed E-state index contributed by atoms with van der Waals surface area (Å²) in [6.45, 7) is 3.13. The van der Waals surface area contributed by atoms with Gasteiger partial charge in [-0.25, -0.2) is 4.98 Å². The molecule has 0 spiro atoms. The van der Waals surface area contributed by atoms with Gasteiger partial charge in [0.2, 0.25) is 0 Å². The Labute approximate surface area is 195 Å². The third kappa shape index (κ3) is 3.67. The van der Waals surface area contributed by atoms with E-state index in [9.17, 15) is 4.79 Å². The maximum atomic E-state index is 13.3. The molecule has 0 amide bonds. The summed E-state index contributed by atoms with van der Waals surface area (Å²) in [5.74, 6) is 0. The lowest BCUT2D eigenvalue weighted by Gasteiger charge is -2.08. The molecule has 0 aliphatic carbocycles.